The highest BCUT2D eigenvalue weighted by Gasteiger charge is 2.24. The van der Waals surface area contributed by atoms with Crippen LogP contribution in [0.2, 0.25) is 0 Å². The van der Waals surface area contributed by atoms with Crippen LogP contribution >= 0.6 is 0 Å². The van der Waals surface area contributed by atoms with Gasteiger partial charge in [0.2, 0.25) is 10.0 Å². The van der Waals surface area contributed by atoms with Crippen LogP contribution in [0.4, 0.5) is 0 Å². The molecule has 96 valence electrons. The Kier molecular flexibility index (Phi) is 5.68. The highest BCUT2D eigenvalue weighted by Crippen LogP contribution is 2.15. The van der Waals surface area contributed by atoms with Crippen molar-refractivity contribution in [3.8, 4) is 0 Å². The van der Waals surface area contributed by atoms with Crippen LogP contribution in [0.3, 0.4) is 0 Å². The van der Waals surface area contributed by atoms with Crippen molar-refractivity contribution >= 4 is 10.0 Å². The highest BCUT2D eigenvalue weighted by molar-refractivity contribution is 7.88. The second-order valence-corrected chi connectivity index (χ2v) is 5.91. The Morgan fingerprint density at radius 2 is 1.88 bits per heavy atom. The SMILES string of the molecule is CCOCCOC1CCN(S(C)(=O)=O)CC1. The Bertz CT molecular complexity index is 283. The molecule has 0 spiro atoms. The zero-order valence-electron chi connectivity index (χ0n) is 10.0. The summed E-state index contributed by atoms with van der Waals surface area (Å²) >= 11 is 0. The Balaban J connectivity index is 2.17. The quantitative estimate of drug-likeness (QED) is 0.644. The van der Waals surface area contributed by atoms with Crippen molar-refractivity contribution in [1.29, 1.82) is 0 Å². The average molecular weight is 251 g/mol. The van der Waals surface area contributed by atoms with Crippen molar-refractivity contribution < 1.29 is 17.9 Å². The Hall–Kier alpha value is -0.170. The predicted molar refractivity (Wildman–Crippen MR) is 61.9 cm³/mol. The van der Waals surface area contributed by atoms with Gasteiger partial charge in [-0.3, -0.25) is 0 Å². The van der Waals surface area contributed by atoms with Gasteiger partial charge in [0.1, 0.15) is 0 Å². The van der Waals surface area contributed by atoms with Crippen LogP contribution in [-0.2, 0) is 19.5 Å². The molecule has 0 unspecified atom stereocenters. The maximum Gasteiger partial charge on any atom is 0.211 e. The van der Waals surface area contributed by atoms with Crippen LogP contribution < -0.4 is 0 Å². The molecule has 1 aliphatic rings. The molecule has 1 fully saturated rings. The maximum atomic E-state index is 11.3. The molecule has 5 nitrogen and oxygen atoms in total. The minimum atomic E-state index is -3.03. The molecule has 1 aliphatic heterocycles. The minimum Gasteiger partial charge on any atom is -0.379 e. The van der Waals surface area contributed by atoms with Gasteiger partial charge in [-0.25, -0.2) is 12.7 Å². The third-order valence-electron chi connectivity index (χ3n) is 2.66. The lowest BCUT2D eigenvalue weighted by Gasteiger charge is -2.30. The van der Waals surface area contributed by atoms with Gasteiger partial charge in [0.15, 0.2) is 0 Å². The first kappa shape index (κ1) is 13.9. The van der Waals surface area contributed by atoms with Gasteiger partial charge in [-0.1, -0.05) is 0 Å². The number of hydrogen-bond acceptors (Lipinski definition) is 4. The van der Waals surface area contributed by atoms with Crippen molar-refractivity contribution in [3.63, 3.8) is 0 Å². The smallest absolute Gasteiger partial charge is 0.211 e. The van der Waals surface area contributed by atoms with Crippen molar-refractivity contribution in [2.75, 3.05) is 39.2 Å². The van der Waals surface area contributed by atoms with E-state index in [4.69, 9.17) is 9.47 Å². The first-order valence-corrected chi connectivity index (χ1v) is 7.53. The van der Waals surface area contributed by atoms with E-state index in [-0.39, 0.29) is 6.10 Å². The van der Waals surface area contributed by atoms with Crippen LogP contribution in [0.25, 0.3) is 0 Å². The Morgan fingerprint density at radius 1 is 1.25 bits per heavy atom. The fraction of sp³-hybridized carbons (Fsp3) is 1.00. The van der Waals surface area contributed by atoms with E-state index < -0.39 is 10.0 Å². The lowest BCUT2D eigenvalue weighted by Crippen LogP contribution is -2.40. The van der Waals surface area contributed by atoms with E-state index in [2.05, 4.69) is 0 Å². The zero-order chi connectivity index (χ0) is 12.0. The summed E-state index contributed by atoms with van der Waals surface area (Å²) in [5, 5.41) is 0. The standard InChI is InChI=1S/C10H21NO4S/c1-3-14-8-9-15-10-4-6-11(7-5-10)16(2,12)13/h10H,3-9H2,1-2H3. The first-order valence-electron chi connectivity index (χ1n) is 5.68. The Labute approximate surface area is 97.8 Å². The molecule has 16 heavy (non-hydrogen) atoms. The molecule has 1 heterocycles. The minimum absolute atomic E-state index is 0.179. The number of sulfonamides is 1. The van der Waals surface area contributed by atoms with Gasteiger partial charge in [0.05, 0.1) is 25.6 Å². The van der Waals surface area contributed by atoms with E-state index in [1.165, 1.54) is 10.6 Å². The first-order chi connectivity index (χ1) is 7.54. The zero-order valence-corrected chi connectivity index (χ0v) is 10.8. The normalized spacial score (nSPS) is 20.1. The van der Waals surface area contributed by atoms with E-state index in [0.717, 1.165) is 12.8 Å². The van der Waals surface area contributed by atoms with E-state index in [1.54, 1.807) is 0 Å². The molecule has 1 rings (SSSR count). The molecule has 0 aromatic carbocycles. The summed E-state index contributed by atoms with van der Waals surface area (Å²) in [6.07, 6.45) is 2.99. The molecule has 1 saturated heterocycles. The van der Waals surface area contributed by atoms with E-state index in [9.17, 15) is 8.42 Å². The van der Waals surface area contributed by atoms with E-state index >= 15 is 0 Å². The number of ether oxygens (including phenoxy) is 2. The predicted octanol–water partition coefficient (Wildman–Crippen LogP) is 0.464. The molecule has 0 aromatic rings. The van der Waals surface area contributed by atoms with Crippen LogP contribution in [0, 0.1) is 0 Å². The summed E-state index contributed by atoms with van der Waals surface area (Å²) in [7, 11) is -3.03. The van der Waals surface area contributed by atoms with Crippen molar-refractivity contribution in [2.24, 2.45) is 0 Å². The number of piperidine rings is 1. The van der Waals surface area contributed by atoms with Gasteiger partial charge in [-0.15, -0.1) is 0 Å². The van der Waals surface area contributed by atoms with Crippen LogP contribution in [-0.4, -0.2) is 58.0 Å². The van der Waals surface area contributed by atoms with Crippen LogP contribution in [0.1, 0.15) is 19.8 Å². The second kappa shape index (κ2) is 6.54. The van der Waals surface area contributed by atoms with Gasteiger partial charge in [-0.05, 0) is 19.8 Å². The monoisotopic (exact) mass is 251 g/mol. The van der Waals surface area contributed by atoms with Gasteiger partial charge in [-0.2, -0.15) is 0 Å². The number of rotatable bonds is 6. The van der Waals surface area contributed by atoms with E-state index in [0.29, 0.717) is 32.9 Å². The third kappa shape index (κ3) is 4.78. The van der Waals surface area contributed by atoms with Crippen molar-refractivity contribution in [2.45, 2.75) is 25.9 Å². The van der Waals surface area contributed by atoms with Gasteiger partial charge >= 0.3 is 0 Å². The summed E-state index contributed by atoms with van der Waals surface area (Å²) in [5.41, 5.74) is 0. The molecule has 6 heteroatoms. The lowest BCUT2D eigenvalue weighted by atomic mass is 10.1. The topological polar surface area (TPSA) is 55.8 Å². The summed E-state index contributed by atoms with van der Waals surface area (Å²) < 4.78 is 34.8. The molecule has 0 radical (unpaired) electrons. The Morgan fingerprint density at radius 3 is 2.38 bits per heavy atom. The molecule has 0 aliphatic carbocycles. The highest BCUT2D eigenvalue weighted by atomic mass is 32.2. The summed E-state index contributed by atoms with van der Waals surface area (Å²) in [4.78, 5) is 0. The number of nitrogens with zero attached hydrogens (tertiary/aromatic N) is 1. The average Bonchev–Trinajstić information content (AvgIpc) is 2.24. The van der Waals surface area contributed by atoms with Crippen LogP contribution in [0.5, 0.6) is 0 Å². The van der Waals surface area contributed by atoms with Crippen molar-refractivity contribution in [1.82, 2.24) is 4.31 Å². The number of hydrogen-bond donors (Lipinski definition) is 0. The largest absolute Gasteiger partial charge is 0.379 e. The molecule has 0 atom stereocenters. The molecule has 0 aromatic heterocycles. The molecular formula is C10H21NO4S. The van der Waals surface area contributed by atoms with Gasteiger partial charge in [0.25, 0.3) is 0 Å². The fourth-order valence-electron chi connectivity index (χ4n) is 1.75. The second-order valence-electron chi connectivity index (χ2n) is 3.93. The fourth-order valence-corrected chi connectivity index (χ4v) is 2.62. The van der Waals surface area contributed by atoms with Crippen molar-refractivity contribution in [3.05, 3.63) is 0 Å². The maximum absolute atomic E-state index is 11.3. The van der Waals surface area contributed by atoms with Gasteiger partial charge < -0.3 is 9.47 Å². The molecular weight excluding hydrogens is 230 g/mol. The van der Waals surface area contributed by atoms with Crippen LogP contribution in [0.15, 0.2) is 0 Å². The summed E-state index contributed by atoms with van der Waals surface area (Å²) in [5.74, 6) is 0. The lowest BCUT2D eigenvalue weighted by molar-refractivity contribution is -0.0121. The summed E-state index contributed by atoms with van der Waals surface area (Å²) in [6.45, 7) is 5.00. The molecule has 0 bridgehead atoms. The summed E-state index contributed by atoms with van der Waals surface area (Å²) in [6, 6.07) is 0. The molecule has 0 N–H and O–H groups in total. The van der Waals surface area contributed by atoms with E-state index in [1.807, 2.05) is 6.92 Å². The third-order valence-corrected chi connectivity index (χ3v) is 3.96. The van der Waals surface area contributed by atoms with Gasteiger partial charge in [0, 0.05) is 19.7 Å². The molecule has 0 amide bonds. The molecule has 0 saturated carbocycles.